The molecule has 1 aliphatic carbocycles. The number of hydrogen-bond acceptors (Lipinski definition) is 3. The Kier molecular flexibility index (Phi) is 1.92. The maximum atomic E-state index is 5.43. The van der Waals surface area contributed by atoms with Crippen molar-refractivity contribution in [3.8, 4) is 0 Å². The lowest BCUT2D eigenvalue weighted by Gasteiger charge is -1.87. The highest BCUT2D eigenvalue weighted by atomic mass is 32.1. The van der Waals surface area contributed by atoms with Gasteiger partial charge in [-0.3, -0.25) is 0 Å². The van der Waals surface area contributed by atoms with E-state index in [0.29, 0.717) is 0 Å². The number of thiazole rings is 1. The summed E-state index contributed by atoms with van der Waals surface area (Å²) in [4.78, 5) is 5.77. The van der Waals surface area contributed by atoms with E-state index in [0.717, 1.165) is 18.9 Å². The predicted octanol–water partition coefficient (Wildman–Crippen LogP) is 1.52. The van der Waals surface area contributed by atoms with Crippen molar-refractivity contribution < 1.29 is 0 Å². The van der Waals surface area contributed by atoms with Crippen LogP contribution in [-0.4, -0.2) is 11.5 Å². The molecule has 1 aliphatic rings. The SMILES string of the molecule is NCCc1ncc(C2CC2)s1. The number of rotatable bonds is 3. The molecule has 0 bridgehead atoms. The van der Waals surface area contributed by atoms with Gasteiger partial charge in [0.05, 0.1) is 5.01 Å². The minimum absolute atomic E-state index is 0.720. The molecule has 0 atom stereocenters. The van der Waals surface area contributed by atoms with E-state index < -0.39 is 0 Å². The molecule has 1 saturated carbocycles. The Bertz CT molecular complexity index is 240. The third kappa shape index (κ3) is 1.60. The molecule has 60 valence electrons. The van der Waals surface area contributed by atoms with Crippen molar-refractivity contribution in [1.82, 2.24) is 4.98 Å². The van der Waals surface area contributed by atoms with Gasteiger partial charge in [0, 0.05) is 17.5 Å². The number of hydrogen-bond donors (Lipinski definition) is 1. The molecule has 0 unspecified atom stereocenters. The summed E-state index contributed by atoms with van der Waals surface area (Å²) in [7, 11) is 0. The molecule has 2 N–H and O–H groups in total. The highest BCUT2D eigenvalue weighted by Gasteiger charge is 2.25. The van der Waals surface area contributed by atoms with Crippen LogP contribution in [0, 0.1) is 0 Å². The van der Waals surface area contributed by atoms with Crippen LogP contribution in [0.25, 0.3) is 0 Å². The van der Waals surface area contributed by atoms with Crippen LogP contribution in [0.3, 0.4) is 0 Å². The zero-order valence-electron chi connectivity index (χ0n) is 6.42. The molecular formula is C8H12N2S. The van der Waals surface area contributed by atoms with E-state index in [4.69, 9.17) is 5.73 Å². The number of aromatic nitrogens is 1. The van der Waals surface area contributed by atoms with Gasteiger partial charge in [-0.05, 0) is 25.3 Å². The van der Waals surface area contributed by atoms with Gasteiger partial charge in [-0.15, -0.1) is 11.3 Å². The molecule has 0 spiro atoms. The maximum absolute atomic E-state index is 5.43. The average molecular weight is 168 g/mol. The van der Waals surface area contributed by atoms with Crippen molar-refractivity contribution in [1.29, 1.82) is 0 Å². The zero-order chi connectivity index (χ0) is 7.68. The molecule has 1 heterocycles. The first-order valence-corrected chi connectivity index (χ1v) is 4.86. The van der Waals surface area contributed by atoms with Crippen LogP contribution < -0.4 is 5.73 Å². The fraction of sp³-hybridized carbons (Fsp3) is 0.625. The molecule has 1 fully saturated rings. The van der Waals surface area contributed by atoms with Crippen LogP contribution in [0.1, 0.15) is 28.6 Å². The van der Waals surface area contributed by atoms with Crippen LogP contribution in [-0.2, 0) is 6.42 Å². The summed E-state index contributed by atoms with van der Waals surface area (Å²) < 4.78 is 0. The van der Waals surface area contributed by atoms with E-state index in [9.17, 15) is 0 Å². The van der Waals surface area contributed by atoms with Crippen molar-refractivity contribution in [3.05, 3.63) is 16.1 Å². The van der Waals surface area contributed by atoms with Gasteiger partial charge >= 0.3 is 0 Å². The Labute approximate surface area is 70.5 Å². The smallest absolute Gasteiger partial charge is 0.0940 e. The quantitative estimate of drug-likeness (QED) is 0.743. The summed E-state index contributed by atoms with van der Waals surface area (Å²) in [6.07, 6.45) is 5.69. The van der Waals surface area contributed by atoms with Crippen LogP contribution in [0.5, 0.6) is 0 Å². The van der Waals surface area contributed by atoms with E-state index >= 15 is 0 Å². The lowest BCUT2D eigenvalue weighted by molar-refractivity contribution is 0.952. The fourth-order valence-electron chi connectivity index (χ4n) is 1.12. The second-order valence-electron chi connectivity index (χ2n) is 2.97. The van der Waals surface area contributed by atoms with E-state index in [2.05, 4.69) is 4.98 Å². The zero-order valence-corrected chi connectivity index (χ0v) is 7.23. The second-order valence-corrected chi connectivity index (χ2v) is 4.12. The fourth-order valence-corrected chi connectivity index (χ4v) is 2.23. The van der Waals surface area contributed by atoms with Crippen LogP contribution in [0.2, 0.25) is 0 Å². The molecule has 1 aromatic heterocycles. The Hall–Kier alpha value is -0.410. The van der Waals surface area contributed by atoms with Gasteiger partial charge in [-0.25, -0.2) is 4.98 Å². The first-order valence-electron chi connectivity index (χ1n) is 4.05. The van der Waals surface area contributed by atoms with Crippen LogP contribution >= 0.6 is 11.3 Å². The third-order valence-corrected chi connectivity index (χ3v) is 3.13. The van der Waals surface area contributed by atoms with E-state index in [1.165, 1.54) is 22.7 Å². The Balaban J connectivity index is 2.06. The highest BCUT2D eigenvalue weighted by molar-refractivity contribution is 7.11. The van der Waals surface area contributed by atoms with Gasteiger partial charge in [0.25, 0.3) is 0 Å². The molecule has 3 heteroatoms. The molecule has 2 nitrogen and oxygen atoms in total. The van der Waals surface area contributed by atoms with Gasteiger partial charge in [0.2, 0.25) is 0 Å². The van der Waals surface area contributed by atoms with Gasteiger partial charge in [-0.2, -0.15) is 0 Å². The maximum Gasteiger partial charge on any atom is 0.0940 e. The molecular weight excluding hydrogens is 156 g/mol. The molecule has 0 aromatic carbocycles. The van der Waals surface area contributed by atoms with Crippen molar-refractivity contribution in [2.24, 2.45) is 5.73 Å². The number of nitrogens with zero attached hydrogens (tertiary/aromatic N) is 1. The highest BCUT2D eigenvalue weighted by Crippen LogP contribution is 2.42. The first kappa shape index (κ1) is 7.25. The summed E-state index contributed by atoms with van der Waals surface area (Å²) in [5, 5.41) is 1.20. The Morgan fingerprint density at radius 1 is 1.64 bits per heavy atom. The Morgan fingerprint density at radius 2 is 2.45 bits per heavy atom. The van der Waals surface area contributed by atoms with E-state index in [-0.39, 0.29) is 0 Å². The molecule has 0 saturated heterocycles. The monoisotopic (exact) mass is 168 g/mol. The van der Waals surface area contributed by atoms with Crippen molar-refractivity contribution in [3.63, 3.8) is 0 Å². The molecule has 0 radical (unpaired) electrons. The number of nitrogens with two attached hydrogens (primary N) is 1. The summed E-state index contributed by atoms with van der Waals surface area (Å²) >= 11 is 1.84. The summed E-state index contributed by atoms with van der Waals surface area (Å²) in [5.74, 6) is 0.846. The lowest BCUT2D eigenvalue weighted by atomic mass is 10.4. The summed E-state index contributed by atoms with van der Waals surface area (Å²) in [6.45, 7) is 0.720. The van der Waals surface area contributed by atoms with Gasteiger partial charge in [0.1, 0.15) is 0 Å². The average Bonchev–Trinajstić information content (AvgIpc) is 2.75. The summed E-state index contributed by atoms with van der Waals surface area (Å²) in [6, 6.07) is 0. The van der Waals surface area contributed by atoms with Crippen molar-refractivity contribution >= 4 is 11.3 Å². The van der Waals surface area contributed by atoms with Crippen molar-refractivity contribution in [2.75, 3.05) is 6.54 Å². The van der Waals surface area contributed by atoms with E-state index in [1.807, 2.05) is 17.5 Å². The van der Waals surface area contributed by atoms with Crippen molar-refractivity contribution in [2.45, 2.75) is 25.2 Å². The predicted molar refractivity (Wildman–Crippen MR) is 46.8 cm³/mol. The normalized spacial score (nSPS) is 17.2. The van der Waals surface area contributed by atoms with Gasteiger partial charge in [-0.1, -0.05) is 0 Å². The van der Waals surface area contributed by atoms with Gasteiger partial charge in [0.15, 0.2) is 0 Å². The van der Waals surface area contributed by atoms with E-state index in [1.54, 1.807) is 0 Å². The molecule has 11 heavy (non-hydrogen) atoms. The third-order valence-electron chi connectivity index (χ3n) is 1.91. The minimum atomic E-state index is 0.720. The summed E-state index contributed by atoms with van der Waals surface area (Å²) in [5.41, 5.74) is 5.43. The largest absolute Gasteiger partial charge is 0.330 e. The molecule has 1 aromatic rings. The molecule has 2 rings (SSSR count). The van der Waals surface area contributed by atoms with Crippen LogP contribution in [0.15, 0.2) is 6.20 Å². The van der Waals surface area contributed by atoms with Gasteiger partial charge < -0.3 is 5.73 Å². The topological polar surface area (TPSA) is 38.9 Å². The lowest BCUT2D eigenvalue weighted by Crippen LogP contribution is -2.01. The molecule has 0 amide bonds. The first-order chi connectivity index (χ1) is 5.40. The van der Waals surface area contributed by atoms with Crippen LogP contribution in [0.4, 0.5) is 0 Å². The minimum Gasteiger partial charge on any atom is -0.330 e. The second kappa shape index (κ2) is 2.91. The Morgan fingerprint density at radius 3 is 3.09 bits per heavy atom. The standard InChI is InChI=1S/C8H12N2S/c9-4-3-8-10-5-7(11-8)6-1-2-6/h5-6H,1-4,9H2. The molecule has 0 aliphatic heterocycles.